The number of rotatable bonds is 5. The molecule has 2 aliphatic rings. The average molecular weight is 334 g/mol. The fraction of sp³-hybridized carbons (Fsp3) is 0.750. The Kier molecular flexibility index (Phi) is 4.58. The molecule has 1 aromatic heterocycles. The van der Waals surface area contributed by atoms with Crippen LogP contribution in [0.3, 0.4) is 0 Å². The Morgan fingerprint density at radius 2 is 1.96 bits per heavy atom. The van der Waals surface area contributed by atoms with E-state index < -0.39 is 0 Å². The summed E-state index contributed by atoms with van der Waals surface area (Å²) in [6.07, 6.45) is 0.345. The van der Waals surface area contributed by atoms with Crippen LogP contribution in [-0.4, -0.2) is 81.3 Å². The van der Waals surface area contributed by atoms with E-state index in [9.17, 15) is 9.59 Å². The van der Waals surface area contributed by atoms with Gasteiger partial charge in [-0.2, -0.15) is 15.0 Å². The van der Waals surface area contributed by atoms with Gasteiger partial charge in [-0.15, -0.1) is 0 Å². The Labute approximate surface area is 142 Å². The molecule has 2 aliphatic heterocycles. The molecular weight excluding hydrogens is 308 g/mol. The van der Waals surface area contributed by atoms with E-state index in [0.717, 1.165) is 37.6 Å². The minimum Gasteiger partial charge on any atom is -0.349 e. The molecule has 0 aliphatic carbocycles. The second kappa shape index (κ2) is 6.51. The van der Waals surface area contributed by atoms with E-state index in [1.165, 1.54) is 0 Å². The van der Waals surface area contributed by atoms with Crippen LogP contribution >= 0.6 is 0 Å². The van der Waals surface area contributed by atoms with Gasteiger partial charge in [-0.25, -0.2) is 0 Å². The van der Waals surface area contributed by atoms with Gasteiger partial charge in [0, 0.05) is 46.7 Å². The lowest BCUT2D eigenvalue weighted by Crippen LogP contribution is -2.59. The standard InChI is InChI=1S/C16H26N6O2/c1-5-22-17-11(2)14(18-22)10-20-8-13(9-20)21-7-12(6-15(21)23)16(24)19(3)4/h12-13H,5-10H2,1-4H3. The molecule has 1 atom stereocenters. The number of aryl methyl sites for hydroxylation is 2. The highest BCUT2D eigenvalue weighted by Gasteiger charge is 2.42. The van der Waals surface area contributed by atoms with Crippen LogP contribution in [0.15, 0.2) is 0 Å². The van der Waals surface area contributed by atoms with Crippen molar-refractivity contribution < 1.29 is 9.59 Å². The first-order valence-electron chi connectivity index (χ1n) is 8.52. The van der Waals surface area contributed by atoms with Gasteiger partial charge >= 0.3 is 0 Å². The molecule has 2 saturated heterocycles. The van der Waals surface area contributed by atoms with Crippen molar-refractivity contribution in [2.75, 3.05) is 33.7 Å². The minimum absolute atomic E-state index is 0.0498. The molecule has 0 aromatic carbocycles. The summed E-state index contributed by atoms with van der Waals surface area (Å²) >= 11 is 0. The third-order valence-electron chi connectivity index (χ3n) is 4.90. The number of aromatic nitrogens is 3. The summed E-state index contributed by atoms with van der Waals surface area (Å²) in [5.41, 5.74) is 1.97. The van der Waals surface area contributed by atoms with Crippen molar-refractivity contribution in [3.63, 3.8) is 0 Å². The molecule has 3 rings (SSSR count). The Morgan fingerprint density at radius 1 is 1.25 bits per heavy atom. The van der Waals surface area contributed by atoms with Gasteiger partial charge in [-0.1, -0.05) is 0 Å². The zero-order chi connectivity index (χ0) is 17.4. The van der Waals surface area contributed by atoms with E-state index in [-0.39, 0.29) is 23.8 Å². The van der Waals surface area contributed by atoms with Gasteiger partial charge < -0.3 is 9.80 Å². The Bertz CT molecular complexity index is 635. The molecule has 8 nitrogen and oxygen atoms in total. The van der Waals surface area contributed by atoms with Crippen LogP contribution in [0.5, 0.6) is 0 Å². The van der Waals surface area contributed by atoms with Crippen molar-refractivity contribution in [2.45, 2.75) is 39.4 Å². The third kappa shape index (κ3) is 3.15. The molecule has 3 heterocycles. The summed E-state index contributed by atoms with van der Waals surface area (Å²) in [4.78, 5) is 31.7. The molecule has 0 saturated carbocycles. The highest BCUT2D eigenvalue weighted by Crippen LogP contribution is 2.26. The zero-order valence-electron chi connectivity index (χ0n) is 14.9. The van der Waals surface area contributed by atoms with Gasteiger partial charge in [-0.05, 0) is 13.8 Å². The summed E-state index contributed by atoms with van der Waals surface area (Å²) in [7, 11) is 3.48. The second-order valence-electron chi connectivity index (χ2n) is 6.95. The van der Waals surface area contributed by atoms with Crippen LogP contribution in [0.2, 0.25) is 0 Å². The molecule has 2 fully saturated rings. The molecular formula is C16H26N6O2. The number of carbonyl (C=O) groups is 2. The largest absolute Gasteiger partial charge is 0.349 e. The molecule has 8 heteroatoms. The molecule has 0 spiro atoms. The molecule has 1 aromatic rings. The van der Waals surface area contributed by atoms with Crippen molar-refractivity contribution >= 4 is 11.8 Å². The van der Waals surface area contributed by atoms with Crippen LogP contribution < -0.4 is 0 Å². The monoisotopic (exact) mass is 334 g/mol. The van der Waals surface area contributed by atoms with Gasteiger partial charge in [-0.3, -0.25) is 14.5 Å². The summed E-state index contributed by atoms with van der Waals surface area (Å²) in [5.74, 6) is -0.0324. The van der Waals surface area contributed by atoms with Gasteiger partial charge in [0.1, 0.15) is 0 Å². The summed E-state index contributed by atoms with van der Waals surface area (Å²) in [5, 5.41) is 8.84. The maximum absolute atomic E-state index is 12.2. The molecule has 0 N–H and O–H groups in total. The van der Waals surface area contributed by atoms with Gasteiger partial charge in [0.25, 0.3) is 0 Å². The van der Waals surface area contributed by atoms with Crippen LogP contribution in [0.25, 0.3) is 0 Å². The van der Waals surface area contributed by atoms with Crippen LogP contribution in [-0.2, 0) is 22.7 Å². The fourth-order valence-corrected chi connectivity index (χ4v) is 3.45. The van der Waals surface area contributed by atoms with E-state index in [0.29, 0.717) is 13.0 Å². The van der Waals surface area contributed by atoms with E-state index >= 15 is 0 Å². The molecule has 132 valence electrons. The van der Waals surface area contributed by atoms with Crippen molar-refractivity contribution in [1.82, 2.24) is 29.7 Å². The first kappa shape index (κ1) is 16.9. The maximum atomic E-state index is 12.2. The topological polar surface area (TPSA) is 74.6 Å². The fourth-order valence-electron chi connectivity index (χ4n) is 3.45. The van der Waals surface area contributed by atoms with Crippen LogP contribution in [0.4, 0.5) is 0 Å². The quantitative estimate of drug-likeness (QED) is 0.741. The normalized spacial score (nSPS) is 22.1. The molecule has 2 amide bonds. The number of amides is 2. The third-order valence-corrected chi connectivity index (χ3v) is 4.90. The average Bonchev–Trinajstić information content (AvgIpc) is 3.04. The predicted molar refractivity (Wildman–Crippen MR) is 88.0 cm³/mol. The smallest absolute Gasteiger partial charge is 0.227 e. The number of carbonyl (C=O) groups excluding carboxylic acids is 2. The molecule has 0 radical (unpaired) electrons. The minimum atomic E-state index is -0.187. The van der Waals surface area contributed by atoms with Crippen molar-refractivity contribution in [2.24, 2.45) is 5.92 Å². The SMILES string of the molecule is CCn1nc(C)c(CN2CC(N3CC(C(=O)N(C)C)CC3=O)C2)n1. The zero-order valence-corrected chi connectivity index (χ0v) is 14.9. The van der Waals surface area contributed by atoms with Gasteiger partial charge in [0.15, 0.2) is 0 Å². The lowest BCUT2D eigenvalue weighted by atomic mass is 10.1. The van der Waals surface area contributed by atoms with E-state index in [2.05, 4.69) is 15.1 Å². The lowest BCUT2D eigenvalue weighted by Gasteiger charge is -2.43. The summed E-state index contributed by atoms with van der Waals surface area (Å²) < 4.78 is 0. The Balaban J connectivity index is 1.52. The highest BCUT2D eigenvalue weighted by molar-refractivity contribution is 5.89. The highest BCUT2D eigenvalue weighted by atomic mass is 16.2. The lowest BCUT2D eigenvalue weighted by molar-refractivity contribution is -0.134. The van der Waals surface area contributed by atoms with Crippen molar-refractivity contribution in [3.05, 3.63) is 11.4 Å². The van der Waals surface area contributed by atoms with Crippen LogP contribution in [0, 0.1) is 12.8 Å². The summed E-state index contributed by atoms with van der Waals surface area (Å²) in [6.45, 7) is 7.78. The summed E-state index contributed by atoms with van der Waals surface area (Å²) in [6, 6.07) is 0.221. The van der Waals surface area contributed by atoms with Crippen molar-refractivity contribution in [1.29, 1.82) is 0 Å². The van der Waals surface area contributed by atoms with Gasteiger partial charge in [0.05, 0.1) is 29.9 Å². The first-order chi connectivity index (χ1) is 11.4. The molecule has 0 bridgehead atoms. The van der Waals surface area contributed by atoms with Crippen LogP contribution in [0.1, 0.15) is 24.7 Å². The van der Waals surface area contributed by atoms with E-state index in [1.807, 2.05) is 18.7 Å². The van der Waals surface area contributed by atoms with Crippen molar-refractivity contribution in [3.8, 4) is 0 Å². The maximum Gasteiger partial charge on any atom is 0.227 e. The number of hydrogen-bond donors (Lipinski definition) is 0. The Hall–Kier alpha value is -1.96. The van der Waals surface area contributed by atoms with Gasteiger partial charge in [0.2, 0.25) is 11.8 Å². The first-order valence-corrected chi connectivity index (χ1v) is 8.52. The molecule has 1 unspecified atom stereocenters. The molecule has 24 heavy (non-hydrogen) atoms. The number of nitrogens with zero attached hydrogens (tertiary/aromatic N) is 6. The second-order valence-corrected chi connectivity index (χ2v) is 6.95. The Morgan fingerprint density at radius 3 is 2.54 bits per heavy atom. The number of hydrogen-bond acceptors (Lipinski definition) is 5. The predicted octanol–water partition coefficient (Wildman–Crippen LogP) is -0.273. The van der Waals surface area contributed by atoms with E-state index in [4.69, 9.17) is 0 Å². The van der Waals surface area contributed by atoms with E-state index in [1.54, 1.807) is 23.8 Å². The number of likely N-dealkylation sites (tertiary alicyclic amines) is 2.